The van der Waals surface area contributed by atoms with Crippen LogP contribution in [0.15, 0.2) is 18.2 Å². The third-order valence-electron chi connectivity index (χ3n) is 5.16. The number of anilines is 1. The van der Waals surface area contributed by atoms with Crippen LogP contribution in [0.25, 0.3) is 0 Å². The number of nitrogens with one attached hydrogen (secondary N) is 1. The van der Waals surface area contributed by atoms with Gasteiger partial charge in [-0.05, 0) is 52.3 Å². The van der Waals surface area contributed by atoms with Crippen LogP contribution >= 0.6 is 0 Å². The number of aryl methyl sites for hydroxylation is 1. The molecule has 2 N–H and O–H groups in total. The summed E-state index contributed by atoms with van der Waals surface area (Å²) in [4.78, 5) is 24.3. The number of carbonyl (C=O) groups excluding carboxylic acids is 1. The summed E-state index contributed by atoms with van der Waals surface area (Å²) in [5, 5.41) is 12.0. The van der Waals surface area contributed by atoms with E-state index in [2.05, 4.69) is 5.32 Å². The van der Waals surface area contributed by atoms with Crippen LogP contribution in [0.2, 0.25) is 0 Å². The Morgan fingerprint density at radius 3 is 2.28 bits per heavy atom. The van der Waals surface area contributed by atoms with Crippen molar-refractivity contribution < 1.29 is 38.4 Å². The summed E-state index contributed by atoms with van der Waals surface area (Å²) < 4.78 is 29.6. The number of rotatable bonds is 3. The molecule has 0 unspecified atom stereocenters. The van der Waals surface area contributed by atoms with E-state index in [1.54, 1.807) is 40.7 Å². The first-order valence-electron chi connectivity index (χ1n) is 9.47. The summed E-state index contributed by atoms with van der Waals surface area (Å²) in [6.07, 6.45) is -3.59. The summed E-state index contributed by atoms with van der Waals surface area (Å²) in [5.41, 5.74) is 1.18. The zero-order chi connectivity index (χ0) is 21.1. The highest BCUT2D eigenvalue weighted by Crippen LogP contribution is 2.44. The first-order chi connectivity index (χ1) is 13.5. The second kappa shape index (κ2) is 6.75. The Kier molecular flexibility index (Phi) is 4.71. The number of fused-ring (bicyclic) bond motifs is 3. The van der Waals surface area contributed by atoms with Crippen molar-refractivity contribution in [3.05, 3.63) is 29.3 Å². The minimum Gasteiger partial charge on any atom is -0.478 e. The van der Waals surface area contributed by atoms with Crippen molar-refractivity contribution in [3.63, 3.8) is 0 Å². The lowest BCUT2D eigenvalue weighted by Gasteiger charge is -2.36. The van der Waals surface area contributed by atoms with Gasteiger partial charge in [-0.2, -0.15) is 0 Å². The first-order valence-corrected chi connectivity index (χ1v) is 9.47. The summed E-state index contributed by atoms with van der Waals surface area (Å²) >= 11 is 0. The number of carboxylic acid groups (broad SMARTS) is 1. The Hall–Kier alpha value is -2.04. The number of aromatic carboxylic acids is 1. The quantitative estimate of drug-likeness (QED) is 0.783. The van der Waals surface area contributed by atoms with Crippen molar-refractivity contribution in [2.45, 2.75) is 76.9 Å². The zero-order valence-corrected chi connectivity index (χ0v) is 16.9. The van der Waals surface area contributed by atoms with Crippen molar-refractivity contribution in [1.82, 2.24) is 0 Å². The maximum Gasteiger partial charge on any atom is 0.335 e. The number of ether oxygens (including phenoxy) is 5. The molecular formula is C20H25NO8. The van der Waals surface area contributed by atoms with Crippen molar-refractivity contribution in [1.29, 1.82) is 0 Å². The molecule has 0 bridgehead atoms. The molecule has 5 atom stereocenters. The number of hydrogen-bond acceptors (Lipinski definition) is 7. The first kappa shape index (κ1) is 20.2. The van der Waals surface area contributed by atoms with E-state index in [1.807, 2.05) is 0 Å². The van der Waals surface area contributed by atoms with Gasteiger partial charge in [0.25, 0.3) is 5.91 Å². The third kappa shape index (κ3) is 3.76. The van der Waals surface area contributed by atoms with Gasteiger partial charge in [-0.15, -0.1) is 0 Å². The molecule has 3 heterocycles. The van der Waals surface area contributed by atoms with Crippen LogP contribution < -0.4 is 5.32 Å². The van der Waals surface area contributed by atoms with Crippen molar-refractivity contribution >= 4 is 17.6 Å². The predicted molar refractivity (Wildman–Crippen MR) is 99.3 cm³/mol. The van der Waals surface area contributed by atoms with E-state index in [-0.39, 0.29) is 5.56 Å². The van der Waals surface area contributed by atoms with Crippen molar-refractivity contribution in [2.75, 3.05) is 5.32 Å². The summed E-state index contributed by atoms with van der Waals surface area (Å²) in [6.45, 7) is 8.82. The molecule has 158 valence electrons. The van der Waals surface area contributed by atoms with Crippen molar-refractivity contribution in [2.24, 2.45) is 0 Å². The molecule has 0 radical (unpaired) electrons. The number of carboxylic acids is 1. The predicted octanol–water partition coefficient (Wildman–Crippen LogP) is 2.03. The van der Waals surface area contributed by atoms with Gasteiger partial charge in [-0.1, -0.05) is 6.07 Å². The van der Waals surface area contributed by atoms with Gasteiger partial charge in [0.15, 0.2) is 24.0 Å². The highest BCUT2D eigenvalue weighted by Gasteiger charge is 2.62. The largest absolute Gasteiger partial charge is 0.478 e. The Morgan fingerprint density at radius 1 is 0.966 bits per heavy atom. The Balaban J connectivity index is 1.60. The molecule has 3 saturated heterocycles. The molecule has 29 heavy (non-hydrogen) atoms. The smallest absolute Gasteiger partial charge is 0.335 e. The van der Waals surface area contributed by atoms with Gasteiger partial charge in [0, 0.05) is 5.69 Å². The topological polar surface area (TPSA) is 113 Å². The lowest BCUT2D eigenvalue weighted by molar-refractivity contribution is -0.229. The minimum atomic E-state index is -1.08. The molecule has 0 aromatic heterocycles. The molecular weight excluding hydrogens is 382 g/mol. The molecule has 3 aliphatic rings. The zero-order valence-electron chi connectivity index (χ0n) is 16.9. The average molecular weight is 407 g/mol. The average Bonchev–Trinajstić information content (AvgIpc) is 3.09. The van der Waals surface area contributed by atoms with Gasteiger partial charge in [-0.3, -0.25) is 4.79 Å². The molecule has 1 aromatic carbocycles. The number of amides is 1. The molecule has 4 rings (SSSR count). The van der Waals surface area contributed by atoms with E-state index >= 15 is 0 Å². The van der Waals surface area contributed by atoms with E-state index in [4.69, 9.17) is 23.7 Å². The summed E-state index contributed by atoms with van der Waals surface area (Å²) in [7, 11) is 0. The fourth-order valence-corrected chi connectivity index (χ4v) is 3.92. The highest BCUT2D eigenvalue weighted by molar-refractivity contribution is 5.97. The number of benzene rings is 1. The SMILES string of the molecule is Cc1ccc(C(=O)O)cc1NC(=O)[C@H]1O[C@@H]2OC(C)(C)O[C@@H]2[C@H]2OC(C)(C)O[C@H]21. The summed E-state index contributed by atoms with van der Waals surface area (Å²) in [5.74, 6) is -3.35. The molecule has 0 aliphatic carbocycles. The fraction of sp³-hybridized carbons (Fsp3) is 0.600. The molecule has 3 fully saturated rings. The van der Waals surface area contributed by atoms with Crippen molar-refractivity contribution in [3.8, 4) is 0 Å². The number of carbonyl (C=O) groups is 2. The van der Waals surface area contributed by atoms with E-state index < -0.39 is 54.2 Å². The van der Waals surface area contributed by atoms with Gasteiger partial charge < -0.3 is 34.1 Å². The van der Waals surface area contributed by atoms with Crippen LogP contribution in [-0.4, -0.2) is 59.3 Å². The van der Waals surface area contributed by atoms with Gasteiger partial charge in [0.2, 0.25) is 0 Å². The van der Waals surface area contributed by atoms with Crippen LogP contribution in [-0.2, 0) is 28.5 Å². The lowest BCUT2D eigenvalue weighted by atomic mass is 9.98. The third-order valence-corrected chi connectivity index (χ3v) is 5.16. The monoisotopic (exact) mass is 407 g/mol. The fourth-order valence-electron chi connectivity index (χ4n) is 3.92. The van der Waals surface area contributed by atoms with E-state index in [9.17, 15) is 14.7 Å². The van der Waals surface area contributed by atoms with Crippen LogP contribution in [0.3, 0.4) is 0 Å². The van der Waals surface area contributed by atoms with Gasteiger partial charge in [0.05, 0.1) is 5.56 Å². The van der Waals surface area contributed by atoms with Crippen LogP contribution in [0.4, 0.5) is 5.69 Å². The summed E-state index contributed by atoms with van der Waals surface area (Å²) in [6, 6.07) is 4.52. The van der Waals surface area contributed by atoms with Gasteiger partial charge >= 0.3 is 5.97 Å². The number of hydrogen-bond donors (Lipinski definition) is 2. The second-order valence-electron chi connectivity index (χ2n) is 8.41. The minimum absolute atomic E-state index is 0.0734. The second-order valence-corrected chi connectivity index (χ2v) is 8.41. The van der Waals surface area contributed by atoms with Crippen LogP contribution in [0.1, 0.15) is 43.6 Å². The van der Waals surface area contributed by atoms with Gasteiger partial charge in [-0.25, -0.2) is 4.79 Å². The molecule has 0 spiro atoms. The van der Waals surface area contributed by atoms with E-state index in [0.717, 1.165) is 5.56 Å². The maximum absolute atomic E-state index is 13.1. The lowest BCUT2D eigenvalue weighted by Crippen LogP contribution is -2.58. The Labute approximate surface area is 168 Å². The maximum atomic E-state index is 13.1. The molecule has 9 nitrogen and oxygen atoms in total. The normalized spacial score (nSPS) is 34.3. The standard InChI is InChI=1S/C20H25NO8/c1-9-6-7-10(17(23)24)8-11(9)21-16(22)14-12-13(27-19(2,3)26-12)15-18(25-14)29-20(4,5)28-15/h6-8,12-15,18H,1-5H3,(H,21,22)(H,23,24)/t12-,13+,14+,15-,18-/m1/s1. The van der Waals surface area contributed by atoms with Crippen LogP contribution in [0, 0.1) is 6.92 Å². The molecule has 1 amide bonds. The Bertz CT molecular complexity index is 851. The molecule has 9 heteroatoms. The Morgan fingerprint density at radius 2 is 1.59 bits per heavy atom. The van der Waals surface area contributed by atoms with Gasteiger partial charge in [0.1, 0.15) is 18.3 Å². The van der Waals surface area contributed by atoms with E-state index in [1.165, 1.54) is 12.1 Å². The molecule has 0 saturated carbocycles. The highest BCUT2D eigenvalue weighted by atomic mass is 16.9. The molecule has 3 aliphatic heterocycles. The molecule has 1 aromatic rings. The van der Waals surface area contributed by atoms with E-state index in [0.29, 0.717) is 5.69 Å². The van der Waals surface area contributed by atoms with Crippen LogP contribution in [0.5, 0.6) is 0 Å².